The molecule has 0 saturated heterocycles. The molecule has 0 fully saturated rings. The number of unbranched alkanes of at least 4 members (excludes halogenated alkanes) is 46. The normalized spacial score (nSPS) is 12.8. The van der Waals surface area contributed by atoms with Gasteiger partial charge in [-0.05, 0) is 89.9 Å². The zero-order valence-corrected chi connectivity index (χ0v) is 52.4. The highest BCUT2D eigenvalue weighted by Crippen LogP contribution is 2.18. The van der Waals surface area contributed by atoms with Crippen LogP contribution in [0.3, 0.4) is 0 Å². The largest absolute Gasteiger partial charge is 0.466 e. The van der Waals surface area contributed by atoms with Crippen LogP contribution in [0.1, 0.15) is 373 Å². The highest BCUT2D eigenvalue weighted by Gasteiger charge is 2.20. The zero-order chi connectivity index (χ0) is 56.4. The lowest BCUT2D eigenvalue weighted by Gasteiger charge is -2.22. The number of rotatable bonds is 65. The molecule has 458 valence electrons. The Morgan fingerprint density at radius 1 is 0.359 bits per heavy atom. The molecule has 78 heavy (non-hydrogen) atoms. The summed E-state index contributed by atoms with van der Waals surface area (Å²) in [5.74, 6) is -0.0242. The topological polar surface area (TPSA) is 95.9 Å². The molecule has 3 N–H and O–H groups in total. The third kappa shape index (κ3) is 63.0. The van der Waals surface area contributed by atoms with E-state index in [9.17, 15) is 19.8 Å². The Morgan fingerprint density at radius 3 is 1.00 bits per heavy atom. The van der Waals surface area contributed by atoms with Crippen LogP contribution >= 0.6 is 0 Å². The van der Waals surface area contributed by atoms with Crippen LogP contribution in [0, 0.1) is 0 Å². The summed E-state index contributed by atoms with van der Waals surface area (Å²) in [4.78, 5) is 24.5. The standard InChI is InChI=1S/C72H135NO5/c1-3-5-7-9-11-13-14-15-16-17-33-37-40-43-46-50-54-58-62-66-72(77)78-67-63-59-55-51-47-44-41-38-35-32-30-28-26-24-22-20-18-19-21-23-25-27-29-31-34-36-39-42-45-49-53-57-61-65-71(76)73-69(68-74)70(75)64-60-56-52-48-12-10-8-6-4-2/h11,13,15-16,22,24,28,30,69-70,74-75H,3-10,12,14,17-21,23,25-27,29,31-68H2,1-2H3,(H,73,76)/b13-11-,16-15-,24-22-,30-28-. The van der Waals surface area contributed by atoms with Crippen LogP contribution < -0.4 is 5.32 Å². The molecule has 0 saturated carbocycles. The summed E-state index contributed by atoms with van der Waals surface area (Å²) in [6, 6.07) is -0.538. The molecule has 0 rings (SSSR count). The number of carbonyl (C=O) groups excluding carboxylic acids is 2. The molecule has 6 nitrogen and oxygen atoms in total. The molecule has 2 atom stereocenters. The summed E-state index contributed by atoms with van der Waals surface area (Å²) in [6.07, 6.45) is 87.5. The minimum absolute atomic E-state index is 0.0104. The maximum Gasteiger partial charge on any atom is 0.305 e. The summed E-state index contributed by atoms with van der Waals surface area (Å²) in [5, 5.41) is 23.1. The van der Waals surface area contributed by atoms with Crippen LogP contribution in [0.5, 0.6) is 0 Å². The van der Waals surface area contributed by atoms with Gasteiger partial charge in [-0.3, -0.25) is 9.59 Å². The quantitative estimate of drug-likeness (QED) is 0.0320. The number of nitrogens with one attached hydrogen (secondary N) is 1. The second-order valence-corrected chi connectivity index (χ2v) is 23.9. The van der Waals surface area contributed by atoms with Crippen LogP contribution in [-0.2, 0) is 14.3 Å². The van der Waals surface area contributed by atoms with E-state index < -0.39 is 12.1 Å². The number of aliphatic hydroxyl groups excluding tert-OH is 2. The summed E-state index contributed by atoms with van der Waals surface area (Å²) < 4.78 is 5.50. The number of hydrogen-bond acceptors (Lipinski definition) is 5. The molecule has 0 aliphatic carbocycles. The van der Waals surface area contributed by atoms with E-state index in [1.165, 1.54) is 283 Å². The molecule has 0 aromatic heterocycles. The second-order valence-electron chi connectivity index (χ2n) is 23.9. The van der Waals surface area contributed by atoms with E-state index in [1.54, 1.807) is 0 Å². The predicted octanol–water partition coefficient (Wildman–Crippen LogP) is 22.5. The highest BCUT2D eigenvalue weighted by molar-refractivity contribution is 5.76. The third-order valence-electron chi connectivity index (χ3n) is 16.1. The van der Waals surface area contributed by atoms with Gasteiger partial charge in [0.2, 0.25) is 5.91 Å². The van der Waals surface area contributed by atoms with E-state index in [1.807, 2.05) is 0 Å². The van der Waals surface area contributed by atoms with Gasteiger partial charge in [0.1, 0.15) is 0 Å². The van der Waals surface area contributed by atoms with E-state index in [0.29, 0.717) is 25.9 Å². The van der Waals surface area contributed by atoms with Crippen molar-refractivity contribution in [2.75, 3.05) is 13.2 Å². The first-order valence-electron chi connectivity index (χ1n) is 34.9. The van der Waals surface area contributed by atoms with Crippen molar-refractivity contribution in [1.29, 1.82) is 0 Å². The SMILES string of the molecule is CCCCC/C=C\C/C=C\CCCCCCCCCCCC(=O)OCCCCCCCCCCC/C=C\C/C=C\CCCCCCCCCCCCCCCCCCCC(=O)NC(CO)C(O)CCCCCCCCCCC. The minimum Gasteiger partial charge on any atom is -0.466 e. The van der Waals surface area contributed by atoms with E-state index in [-0.39, 0.29) is 18.5 Å². The first kappa shape index (κ1) is 75.8. The zero-order valence-electron chi connectivity index (χ0n) is 52.4. The fourth-order valence-electron chi connectivity index (χ4n) is 10.8. The Kier molecular flexibility index (Phi) is 65.4. The molecule has 0 aromatic carbocycles. The molecule has 0 heterocycles. The van der Waals surface area contributed by atoms with Crippen LogP contribution in [0.2, 0.25) is 0 Å². The number of esters is 1. The Morgan fingerprint density at radius 2 is 0.641 bits per heavy atom. The van der Waals surface area contributed by atoms with Gasteiger partial charge in [0.25, 0.3) is 0 Å². The maximum atomic E-state index is 12.4. The molecule has 2 unspecified atom stereocenters. The predicted molar refractivity (Wildman–Crippen MR) is 342 cm³/mol. The van der Waals surface area contributed by atoms with E-state index in [0.717, 1.165) is 57.8 Å². The van der Waals surface area contributed by atoms with E-state index in [4.69, 9.17) is 4.74 Å². The molecule has 0 spiro atoms. The smallest absolute Gasteiger partial charge is 0.305 e. The number of carbonyl (C=O) groups is 2. The lowest BCUT2D eigenvalue weighted by molar-refractivity contribution is -0.143. The molecule has 6 heteroatoms. The summed E-state index contributed by atoms with van der Waals surface area (Å²) in [5.41, 5.74) is 0. The summed E-state index contributed by atoms with van der Waals surface area (Å²) in [6.45, 7) is 4.92. The van der Waals surface area contributed by atoms with Crippen LogP contribution in [-0.4, -0.2) is 47.4 Å². The fourth-order valence-corrected chi connectivity index (χ4v) is 10.8. The Labute approximate surface area is 486 Å². The van der Waals surface area contributed by atoms with Crippen molar-refractivity contribution in [1.82, 2.24) is 5.32 Å². The molecular weight excluding hydrogens is 959 g/mol. The lowest BCUT2D eigenvalue weighted by atomic mass is 10.0. The van der Waals surface area contributed by atoms with Gasteiger partial charge in [-0.25, -0.2) is 0 Å². The number of amides is 1. The van der Waals surface area contributed by atoms with Gasteiger partial charge in [-0.1, -0.05) is 319 Å². The van der Waals surface area contributed by atoms with Crippen molar-refractivity contribution < 1.29 is 24.5 Å². The average molecular weight is 1090 g/mol. The molecule has 0 radical (unpaired) electrons. The van der Waals surface area contributed by atoms with E-state index in [2.05, 4.69) is 67.8 Å². The van der Waals surface area contributed by atoms with Crippen LogP contribution in [0.4, 0.5) is 0 Å². The van der Waals surface area contributed by atoms with Crippen molar-refractivity contribution in [3.63, 3.8) is 0 Å². The minimum atomic E-state index is -0.661. The lowest BCUT2D eigenvalue weighted by Crippen LogP contribution is -2.45. The Balaban J connectivity index is 3.35. The first-order chi connectivity index (χ1) is 38.5. The van der Waals surface area contributed by atoms with Gasteiger partial charge in [-0.15, -0.1) is 0 Å². The van der Waals surface area contributed by atoms with Crippen LogP contribution in [0.25, 0.3) is 0 Å². The fraction of sp³-hybridized carbons (Fsp3) is 0.861. The molecule has 1 amide bonds. The Bertz CT molecular complexity index is 1310. The first-order valence-corrected chi connectivity index (χ1v) is 34.9. The monoisotopic (exact) mass is 1090 g/mol. The molecule has 0 aromatic rings. The average Bonchev–Trinajstić information content (AvgIpc) is 3.44. The number of allylic oxidation sites excluding steroid dienone is 8. The van der Waals surface area contributed by atoms with Gasteiger partial charge in [0.15, 0.2) is 0 Å². The van der Waals surface area contributed by atoms with Crippen molar-refractivity contribution in [2.24, 2.45) is 0 Å². The Hall–Kier alpha value is -2.18. The van der Waals surface area contributed by atoms with Gasteiger partial charge < -0.3 is 20.3 Å². The maximum absolute atomic E-state index is 12.4. The highest BCUT2D eigenvalue weighted by atomic mass is 16.5. The molecular formula is C72H135NO5. The van der Waals surface area contributed by atoms with Gasteiger partial charge in [-0.2, -0.15) is 0 Å². The second kappa shape index (κ2) is 67.3. The number of hydrogen-bond donors (Lipinski definition) is 3. The van der Waals surface area contributed by atoms with Crippen molar-refractivity contribution in [3.8, 4) is 0 Å². The van der Waals surface area contributed by atoms with Crippen molar-refractivity contribution in [2.45, 2.75) is 386 Å². The number of ether oxygens (including phenoxy) is 1. The van der Waals surface area contributed by atoms with Crippen LogP contribution in [0.15, 0.2) is 48.6 Å². The summed E-state index contributed by atoms with van der Waals surface area (Å²) in [7, 11) is 0. The molecule has 0 aliphatic heterocycles. The third-order valence-corrected chi connectivity index (χ3v) is 16.1. The number of aliphatic hydroxyl groups is 2. The van der Waals surface area contributed by atoms with Gasteiger partial charge >= 0.3 is 5.97 Å². The van der Waals surface area contributed by atoms with Crippen molar-refractivity contribution >= 4 is 11.9 Å². The van der Waals surface area contributed by atoms with E-state index >= 15 is 0 Å². The summed E-state index contributed by atoms with van der Waals surface area (Å²) >= 11 is 0. The van der Waals surface area contributed by atoms with Gasteiger partial charge in [0.05, 0.1) is 25.4 Å². The van der Waals surface area contributed by atoms with Gasteiger partial charge in [0, 0.05) is 12.8 Å². The molecule has 0 aliphatic rings. The molecule has 0 bridgehead atoms. The van der Waals surface area contributed by atoms with Crippen molar-refractivity contribution in [3.05, 3.63) is 48.6 Å².